The van der Waals surface area contributed by atoms with Gasteiger partial charge in [-0.15, -0.1) is 0 Å². The summed E-state index contributed by atoms with van der Waals surface area (Å²) in [5, 5.41) is 2.79. The van der Waals surface area contributed by atoms with E-state index >= 15 is 0 Å². The summed E-state index contributed by atoms with van der Waals surface area (Å²) in [6.07, 6.45) is 3.04. The summed E-state index contributed by atoms with van der Waals surface area (Å²) in [6, 6.07) is -0.594. The Morgan fingerprint density at radius 3 is 2.32 bits per heavy atom. The molecule has 0 radical (unpaired) electrons. The van der Waals surface area contributed by atoms with Gasteiger partial charge in [0.1, 0.15) is 11.6 Å². The number of nitrogens with one attached hydrogen (secondary N) is 1. The molecule has 4 heteroatoms. The van der Waals surface area contributed by atoms with Gasteiger partial charge < -0.3 is 10.1 Å². The maximum atomic E-state index is 12.2. The molecule has 0 bridgehead atoms. The minimum absolute atomic E-state index is 0.00242. The van der Waals surface area contributed by atoms with E-state index in [-0.39, 0.29) is 23.2 Å². The second-order valence-electron chi connectivity index (χ2n) is 7.20. The highest BCUT2D eigenvalue weighted by Gasteiger charge is 2.40. The summed E-state index contributed by atoms with van der Waals surface area (Å²) < 4.78 is 5.26. The van der Waals surface area contributed by atoms with Gasteiger partial charge >= 0.3 is 5.97 Å². The van der Waals surface area contributed by atoms with Gasteiger partial charge in [-0.3, -0.25) is 4.79 Å². The summed E-state index contributed by atoms with van der Waals surface area (Å²) >= 11 is 0. The highest BCUT2D eigenvalue weighted by molar-refractivity contribution is 5.86. The van der Waals surface area contributed by atoms with Crippen LogP contribution < -0.4 is 5.32 Å². The Hall–Kier alpha value is -1.06. The average molecular weight is 269 g/mol. The van der Waals surface area contributed by atoms with E-state index < -0.39 is 11.6 Å². The summed E-state index contributed by atoms with van der Waals surface area (Å²) in [5.74, 6) is -0.408. The molecule has 1 rings (SSSR count). The number of hydrogen-bond donors (Lipinski definition) is 1. The molecule has 1 amide bonds. The SMILES string of the molecule is C[C@@H](NC(=O)C1CCCC1(C)C)C(=O)OC(C)(C)C. The molecular formula is C15H27NO3. The van der Waals surface area contributed by atoms with E-state index in [2.05, 4.69) is 19.2 Å². The quantitative estimate of drug-likeness (QED) is 0.801. The average Bonchev–Trinajstić information content (AvgIpc) is 2.55. The normalized spacial score (nSPS) is 23.8. The summed E-state index contributed by atoms with van der Waals surface area (Å²) in [7, 11) is 0. The van der Waals surface area contributed by atoms with Crippen LogP contribution in [0.4, 0.5) is 0 Å². The first kappa shape index (κ1) is 16.0. The Morgan fingerprint density at radius 2 is 1.89 bits per heavy atom. The zero-order chi connectivity index (χ0) is 14.8. The molecule has 1 unspecified atom stereocenters. The van der Waals surface area contributed by atoms with Gasteiger partial charge in [-0.25, -0.2) is 4.79 Å². The Morgan fingerprint density at radius 1 is 1.32 bits per heavy atom. The lowest BCUT2D eigenvalue weighted by molar-refractivity contribution is -0.158. The number of rotatable bonds is 3. The van der Waals surface area contributed by atoms with Crippen molar-refractivity contribution in [2.75, 3.05) is 0 Å². The van der Waals surface area contributed by atoms with E-state index in [1.54, 1.807) is 6.92 Å². The molecule has 1 saturated carbocycles. The molecule has 110 valence electrons. The zero-order valence-electron chi connectivity index (χ0n) is 13.0. The lowest BCUT2D eigenvalue weighted by Crippen LogP contribution is -2.46. The van der Waals surface area contributed by atoms with Crippen molar-refractivity contribution < 1.29 is 14.3 Å². The molecule has 1 N–H and O–H groups in total. The van der Waals surface area contributed by atoms with Crippen LogP contribution in [0.25, 0.3) is 0 Å². The van der Waals surface area contributed by atoms with Crippen LogP contribution in [0.15, 0.2) is 0 Å². The molecule has 0 aromatic carbocycles. The monoisotopic (exact) mass is 269 g/mol. The van der Waals surface area contributed by atoms with Crippen molar-refractivity contribution in [1.82, 2.24) is 5.32 Å². The second kappa shape index (κ2) is 5.51. The molecule has 1 aliphatic carbocycles. The van der Waals surface area contributed by atoms with Crippen molar-refractivity contribution in [3.63, 3.8) is 0 Å². The number of carbonyl (C=O) groups is 2. The highest BCUT2D eigenvalue weighted by atomic mass is 16.6. The fourth-order valence-corrected chi connectivity index (χ4v) is 2.58. The Balaban J connectivity index is 2.55. The molecule has 2 atom stereocenters. The molecule has 0 aromatic heterocycles. The predicted molar refractivity (Wildman–Crippen MR) is 74.6 cm³/mol. The van der Waals surface area contributed by atoms with Crippen molar-refractivity contribution in [1.29, 1.82) is 0 Å². The van der Waals surface area contributed by atoms with Gasteiger partial charge in [-0.2, -0.15) is 0 Å². The first-order chi connectivity index (χ1) is 8.53. The van der Waals surface area contributed by atoms with Crippen LogP contribution in [0.5, 0.6) is 0 Å². The lowest BCUT2D eigenvalue weighted by atomic mass is 9.81. The Labute approximate surface area is 116 Å². The minimum Gasteiger partial charge on any atom is -0.458 e. The van der Waals surface area contributed by atoms with Gasteiger partial charge in [0, 0.05) is 5.92 Å². The Bertz CT molecular complexity index is 355. The van der Waals surface area contributed by atoms with E-state index in [1.165, 1.54) is 0 Å². The standard InChI is InChI=1S/C15H27NO3/c1-10(13(18)19-14(2,3)4)16-12(17)11-8-7-9-15(11,5)6/h10-11H,7-9H2,1-6H3,(H,16,17)/t10-,11?/m1/s1. The van der Waals surface area contributed by atoms with Crippen LogP contribution in [0.3, 0.4) is 0 Å². The summed E-state index contributed by atoms with van der Waals surface area (Å²) in [6.45, 7) is 11.4. The van der Waals surface area contributed by atoms with Gasteiger partial charge in [-0.05, 0) is 46.0 Å². The minimum atomic E-state index is -0.594. The maximum Gasteiger partial charge on any atom is 0.328 e. The second-order valence-corrected chi connectivity index (χ2v) is 7.20. The molecule has 4 nitrogen and oxygen atoms in total. The molecule has 0 aliphatic heterocycles. The van der Waals surface area contributed by atoms with Crippen molar-refractivity contribution >= 4 is 11.9 Å². The lowest BCUT2D eigenvalue weighted by Gasteiger charge is -2.28. The predicted octanol–water partition coefficient (Wildman–Crippen LogP) is 2.66. The van der Waals surface area contributed by atoms with E-state index in [9.17, 15) is 9.59 Å². The maximum absolute atomic E-state index is 12.2. The van der Waals surface area contributed by atoms with E-state index in [1.807, 2.05) is 20.8 Å². The van der Waals surface area contributed by atoms with E-state index in [4.69, 9.17) is 4.74 Å². The fraction of sp³-hybridized carbons (Fsp3) is 0.867. The van der Waals surface area contributed by atoms with Crippen molar-refractivity contribution in [2.24, 2.45) is 11.3 Å². The van der Waals surface area contributed by atoms with E-state index in [0.29, 0.717) is 0 Å². The molecule has 0 heterocycles. The molecule has 1 aliphatic rings. The third kappa shape index (κ3) is 4.51. The molecule has 0 aromatic rings. The number of ether oxygens (including phenoxy) is 1. The topological polar surface area (TPSA) is 55.4 Å². The molecule has 0 saturated heterocycles. The molecule has 1 fully saturated rings. The largest absolute Gasteiger partial charge is 0.458 e. The third-order valence-electron chi connectivity index (χ3n) is 3.69. The van der Waals surface area contributed by atoms with Gasteiger partial charge in [0.15, 0.2) is 0 Å². The summed E-state index contributed by atoms with van der Waals surface area (Å²) in [5.41, 5.74) is -0.500. The molecule has 19 heavy (non-hydrogen) atoms. The summed E-state index contributed by atoms with van der Waals surface area (Å²) in [4.78, 5) is 24.1. The first-order valence-corrected chi connectivity index (χ1v) is 7.06. The number of carbonyl (C=O) groups excluding carboxylic acids is 2. The van der Waals surface area contributed by atoms with Crippen LogP contribution in [0.2, 0.25) is 0 Å². The highest BCUT2D eigenvalue weighted by Crippen LogP contribution is 2.42. The van der Waals surface area contributed by atoms with Gasteiger partial charge in [0.25, 0.3) is 0 Å². The number of hydrogen-bond acceptors (Lipinski definition) is 3. The Kier molecular flexibility index (Phi) is 4.64. The van der Waals surface area contributed by atoms with Crippen LogP contribution in [-0.2, 0) is 14.3 Å². The number of esters is 1. The van der Waals surface area contributed by atoms with E-state index in [0.717, 1.165) is 19.3 Å². The smallest absolute Gasteiger partial charge is 0.328 e. The van der Waals surface area contributed by atoms with Crippen LogP contribution in [-0.4, -0.2) is 23.5 Å². The third-order valence-corrected chi connectivity index (χ3v) is 3.69. The van der Waals surface area contributed by atoms with Gasteiger partial charge in [-0.1, -0.05) is 20.3 Å². The van der Waals surface area contributed by atoms with Crippen LogP contribution in [0, 0.1) is 11.3 Å². The number of amides is 1. The molecule has 0 spiro atoms. The fourth-order valence-electron chi connectivity index (χ4n) is 2.58. The molecular weight excluding hydrogens is 242 g/mol. The van der Waals surface area contributed by atoms with Crippen molar-refractivity contribution in [2.45, 2.75) is 72.4 Å². The zero-order valence-corrected chi connectivity index (χ0v) is 13.0. The van der Waals surface area contributed by atoms with Crippen molar-refractivity contribution in [3.05, 3.63) is 0 Å². The van der Waals surface area contributed by atoms with Crippen LogP contribution in [0.1, 0.15) is 60.8 Å². The van der Waals surface area contributed by atoms with Gasteiger partial charge in [0.2, 0.25) is 5.91 Å². The first-order valence-electron chi connectivity index (χ1n) is 7.06. The van der Waals surface area contributed by atoms with Gasteiger partial charge in [0.05, 0.1) is 0 Å². The van der Waals surface area contributed by atoms with Crippen LogP contribution >= 0.6 is 0 Å². The van der Waals surface area contributed by atoms with Crippen molar-refractivity contribution in [3.8, 4) is 0 Å².